The van der Waals surface area contributed by atoms with Crippen LogP contribution >= 0.6 is 0 Å². The Morgan fingerprint density at radius 1 is 1.42 bits per heavy atom. The van der Waals surface area contributed by atoms with Crippen LogP contribution in [0.25, 0.3) is 0 Å². The Morgan fingerprint density at radius 3 is 2.68 bits per heavy atom. The summed E-state index contributed by atoms with van der Waals surface area (Å²) in [6.45, 7) is 4.89. The van der Waals surface area contributed by atoms with E-state index in [4.69, 9.17) is 4.74 Å². The van der Waals surface area contributed by atoms with Gasteiger partial charge in [-0.3, -0.25) is 0 Å². The minimum Gasteiger partial charge on any atom is -0.478 e. The molecular weight excluding hydrogens is 246 g/mol. The highest BCUT2D eigenvalue weighted by molar-refractivity contribution is 5.89. The summed E-state index contributed by atoms with van der Waals surface area (Å²) >= 11 is 0. The lowest BCUT2D eigenvalue weighted by atomic mass is 10.0. The third-order valence-corrected chi connectivity index (χ3v) is 3.87. The second kappa shape index (κ2) is 4.45. The molecule has 6 nitrogen and oxygen atoms in total. The number of nitrogens with zero attached hydrogens (tertiary/aromatic N) is 3. The molecule has 0 radical (unpaired) electrons. The highest BCUT2D eigenvalue weighted by atomic mass is 16.5. The van der Waals surface area contributed by atoms with Gasteiger partial charge in [0.15, 0.2) is 0 Å². The number of ether oxygens (including phenoxy) is 1. The molecule has 19 heavy (non-hydrogen) atoms. The molecule has 1 aromatic rings. The van der Waals surface area contributed by atoms with E-state index in [9.17, 15) is 9.90 Å². The fourth-order valence-electron chi connectivity index (χ4n) is 2.33. The van der Waals surface area contributed by atoms with Gasteiger partial charge in [0.25, 0.3) is 0 Å². The van der Waals surface area contributed by atoms with Gasteiger partial charge < -0.3 is 14.7 Å². The lowest BCUT2D eigenvalue weighted by molar-refractivity contribution is 0.0693. The number of morpholine rings is 1. The predicted octanol–water partition coefficient (Wildman–Crippen LogP) is 1.06. The van der Waals surface area contributed by atoms with E-state index in [1.807, 2.05) is 4.90 Å². The Kier molecular flexibility index (Phi) is 2.89. The van der Waals surface area contributed by atoms with E-state index < -0.39 is 5.97 Å². The molecule has 1 aliphatic carbocycles. The van der Waals surface area contributed by atoms with Crippen molar-refractivity contribution in [2.24, 2.45) is 0 Å². The van der Waals surface area contributed by atoms with Gasteiger partial charge >= 0.3 is 5.97 Å². The quantitative estimate of drug-likeness (QED) is 0.879. The minimum atomic E-state index is -0.948. The van der Waals surface area contributed by atoms with Crippen LogP contribution in [0.3, 0.4) is 0 Å². The van der Waals surface area contributed by atoms with Crippen molar-refractivity contribution >= 4 is 11.9 Å². The summed E-state index contributed by atoms with van der Waals surface area (Å²) in [5.41, 5.74) is 0.825. The van der Waals surface area contributed by atoms with Crippen LogP contribution in [0.4, 0.5) is 5.95 Å². The summed E-state index contributed by atoms with van der Waals surface area (Å²) in [7, 11) is 0. The van der Waals surface area contributed by atoms with Gasteiger partial charge in [0.1, 0.15) is 0 Å². The number of rotatable bonds is 3. The fourth-order valence-corrected chi connectivity index (χ4v) is 2.33. The van der Waals surface area contributed by atoms with E-state index in [0.717, 1.165) is 25.9 Å². The number of carboxylic acids is 1. The topological polar surface area (TPSA) is 75.5 Å². The van der Waals surface area contributed by atoms with Gasteiger partial charge in [0.2, 0.25) is 5.95 Å². The summed E-state index contributed by atoms with van der Waals surface area (Å²) in [5.74, 6) is -0.326. The van der Waals surface area contributed by atoms with Gasteiger partial charge in [0.05, 0.1) is 24.5 Å². The summed E-state index contributed by atoms with van der Waals surface area (Å²) in [5, 5.41) is 9.24. The molecule has 0 bridgehead atoms. The zero-order chi connectivity index (χ0) is 13.5. The molecule has 0 amide bonds. The molecule has 3 rings (SSSR count). The SMILES string of the molecule is CC1(c2nc(N3CCOCC3)ncc2C(=O)O)CC1. The summed E-state index contributed by atoms with van der Waals surface area (Å²) in [6, 6.07) is 0. The molecule has 2 fully saturated rings. The number of aromatic carboxylic acids is 1. The van der Waals surface area contributed by atoms with E-state index in [-0.39, 0.29) is 11.0 Å². The van der Waals surface area contributed by atoms with Crippen molar-refractivity contribution < 1.29 is 14.6 Å². The number of hydrogen-bond acceptors (Lipinski definition) is 5. The van der Waals surface area contributed by atoms with Crippen molar-refractivity contribution in [1.29, 1.82) is 0 Å². The number of hydrogen-bond donors (Lipinski definition) is 1. The van der Waals surface area contributed by atoms with E-state index in [0.29, 0.717) is 24.9 Å². The first-order valence-electron chi connectivity index (χ1n) is 6.54. The first-order chi connectivity index (χ1) is 9.10. The Bertz CT molecular complexity index is 508. The van der Waals surface area contributed by atoms with Gasteiger partial charge in [0, 0.05) is 24.7 Å². The normalized spacial score (nSPS) is 21.2. The zero-order valence-electron chi connectivity index (χ0n) is 10.9. The number of carboxylic acid groups (broad SMARTS) is 1. The molecule has 0 spiro atoms. The second-order valence-electron chi connectivity index (χ2n) is 5.40. The van der Waals surface area contributed by atoms with Gasteiger partial charge in [-0.15, -0.1) is 0 Å². The van der Waals surface area contributed by atoms with Crippen LogP contribution in [0.15, 0.2) is 6.20 Å². The van der Waals surface area contributed by atoms with Crippen LogP contribution in [-0.2, 0) is 10.2 Å². The Labute approximate surface area is 111 Å². The third-order valence-electron chi connectivity index (χ3n) is 3.87. The van der Waals surface area contributed by atoms with E-state index in [1.165, 1.54) is 6.20 Å². The maximum Gasteiger partial charge on any atom is 0.339 e. The lowest BCUT2D eigenvalue weighted by Gasteiger charge is -2.27. The second-order valence-corrected chi connectivity index (χ2v) is 5.40. The van der Waals surface area contributed by atoms with Crippen molar-refractivity contribution in [1.82, 2.24) is 9.97 Å². The maximum absolute atomic E-state index is 11.3. The van der Waals surface area contributed by atoms with Gasteiger partial charge in [-0.2, -0.15) is 0 Å². The first-order valence-corrected chi connectivity index (χ1v) is 6.54. The maximum atomic E-state index is 11.3. The first kappa shape index (κ1) is 12.3. The van der Waals surface area contributed by atoms with Crippen molar-refractivity contribution in [2.75, 3.05) is 31.2 Å². The Hall–Kier alpha value is -1.69. The highest BCUT2D eigenvalue weighted by Gasteiger charge is 2.43. The van der Waals surface area contributed by atoms with Crippen molar-refractivity contribution in [3.8, 4) is 0 Å². The molecular formula is C13H17N3O3. The number of aromatic nitrogens is 2. The van der Waals surface area contributed by atoms with Crippen LogP contribution in [0, 0.1) is 0 Å². The highest BCUT2D eigenvalue weighted by Crippen LogP contribution is 2.48. The summed E-state index contributed by atoms with van der Waals surface area (Å²) < 4.78 is 5.30. The molecule has 1 N–H and O–H groups in total. The minimum absolute atomic E-state index is 0.0856. The van der Waals surface area contributed by atoms with Gasteiger partial charge in [-0.25, -0.2) is 14.8 Å². The molecule has 1 saturated carbocycles. The lowest BCUT2D eigenvalue weighted by Crippen LogP contribution is -2.37. The number of carbonyl (C=O) groups is 1. The van der Waals surface area contributed by atoms with Gasteiger partial charge in [-0.05, 0) is 12.8 Å². The summed E-state index contributed by atoms with van der Waals surface area (Å²) in [6.07, 6.45) is 3.43. The van der Waals surface area contributed by atoms with Crippen LogP contribution in [0.5, 0.6) is 0 Å². The molecule has 2 heterocycles. The van der Waals surface area contributed by atoms with Crippen LogP contribution in [-0.4, -0.2) is 47.3 Å². The van der Waals surface area contributed by atoms with E-state index >= 15 is 0 Å². The molecule has 1 saturated heterocycles. The Morgan fingerprint density at radius 2 is 2.11 bits per heavy atom. The predicted molar refractivity (Wildman–Crippen MR) is 68.6 cm³/mol. The molecule has 0 unspecified atom stereocenters. The van der Waals surface area contributed by atoms with Gasteiger partial charge in [-0.1, -0.05) is 6.92 Å². The number of anilines is 1. The molecule has 1 aliphatic heterocycles. The van der Waals surface area contributed by atoms with E-state index in [2.05, 4.69) is 16.9 Å². The molecule has 0 atom stereocenters. The largest absolute Gasteiger partial charge is 0.478 e. The third kappa shape index (κ3) is 2.28. The Balaban J connectivity index is 1.97. The summed E-state index contributed by atoms with van der Waals surface area (Å²) in [4.78, 5) is 22.0. The van der Waals surface area contributed by atoms with Crippen LogP contribution in [0.1, 0.15) is 35.8 Å². The van der Waals surface area contributed by atoms with Crippen LogP contribution in [0.2, 0.25) is 0 Å². The van der Waals surface area contributed by atoms with Crippen molar-refractivity contribution in [3.05, 3.63) is 17.5 Å². The van der Waals surface area contributed by atoms with Crippen molar-refractivity contribution in [3.63, 3.8) is 0 Å². The zero-order valence-corrected chi connectivity index (χ0v) is 10.9. The molecule has 0 aromatic carbocycles. The standard InChI is InChI=1S/C13H17N3O3/c1-13(2-3-13)10-9(11(17)18)8-14-12(15-10)16-4-6-19-7-5-16/h8H,2-7H2,1H3,(H,17,18). The van der Waals surface area contributed by atoms with Crippen LogP contribution < -0.4 is 4.90 Å². The van der Waals surface area contributed by atoms with Crippen molar-refractivity contribution in [2.45, 2.75) is 25.2 Å². The smallest absolute Gasteiger partial charge is 0.339 e. The monoisotopic (exact) mass is 263 g/mol. The molecule has 102 valence electrons. The molecule has 2 aliphatic rings. The average molecular weight is 263 g/mol. The average Bonchev–Trinajstić information content (AvgIpc) is 3.18. The fraction of sp³-hybridized carbons (Fsp3) is 0.615. The molecule has 1 aromatic heterocycles. The molecule has 6 heteroatoms. The van der Waals surface area contributed by atoms with E-state index in [1.54, 1.807) is 0 Å².